The molecule has 9 heteroatoms. The van der Waals surface area contributed by atoms with E-state index in [1.54, 1.807) is 13.2 Å². The SMILES string of the molecule is COCCn1ccc2cc(C(=O)N3C[C@H]4C[C@@H](C3)c3ccc([N+](=O)[O-])c(=O)n3C4)ccc21. The van der Waals surface area contributed by atoms with Crippen LogP contribution < -0.4 is 5.56 Å². The number of nitrogens with zero attached hydrogens (tertiary/aromatic N) is 4. The van der Waals surface area contributed by atoms with Gasteiger partial charge in [-0.15, -0.1) is 0 Å². The molecular formula is C23H24N4O5. The number of ether oxygens (including phenoxy) is 1. The van der Waals surface area contributed by atoms with Crippen LogP contribution in [0.5, 0.6) is 0 Å². The summed E-state index contributed by atoms with van der Waals surface area (Å²) < 4.78 is 8.79. The van der Waals surface area contributed by atoms with Crippen molar-refractivity contribution in [3.8, 4) is 0 Å². The Morgan fingerprint density at radius 2 is 2.03 bits per heavy atom. The summed E-state index contributed by atoms with van der Waals surface area (Å²) in [6.07, 6.45) is 2.87. The molecule has 9 nitrogen and oxygen atoms in total. The molecule has 0 aliphatic carbocycles. The van der Waals surface area contributed by atoms with Crippen molar-refractivity contribution in [3.63, 3.8) is 0 Å². The van der Waals surface area contributed by atoms with Gasteiger partial charge in [-0.3, -0.25) is 19.7 Å². The number of methoxy groups -OCH3 is 1. The number of hydrogen-bond acceptors (Lipinski definition) is 5. The molecule has 2 aliphatic heterocycles. The fraction of sp³-hybridized carbons (Fsp3) is 0.391. The Morgan fingerprint density at radius 3 is 2.81 bits per heavy atom. The molecule has 0 N–H and O–H groups in total. The number of benzene rings is 1. The van der Waals surface area contributed by atoms with E-state index in [-0.39, 0.29) is 17.7 Å². The van der Waals surface area contributed by atoms with Gasteiger partial charge in [0.25, 0.3) is 5.91 Å². The second-order valence-corrected chi connectivity index (χ2v) is 8.60. The summed E-state index contributed by atoms with van der Waals surface area (Å²) in [6.45, 7) is 2.81. The summed E-state index contributed by atoms with van der Waals surface area (Å²) in [4.78, 5) is 38.2. The smallest absolute Gasteiger partial charge is 0.334 e. The van der Waals surface area contributed by atoms with Crippen LogP contribution in [0, 0.1) is 16.0 Å². The van der Waals surface area contributed by atoms with Crippen molar-refractivity contribution in [3.05, 3.63) is 74.3 Å². The van der Waals surface area contributed by atoms with Gasteiger partial charge in [-0.25, -0.2) is 0 Å². The molecule has 0 unspecified atom stereocenters. The fourth-order valence-corrected chi connectivity index (χ4v) is 5.14. The largest absolute Gasteiger partial charge is 0.383 e. The number of nitro groups is 1. The number of likely N-dealkylation sites (tertiary alicyclic amines) is 1. The highest BCUT2D eigenvalue weighted by Crippen LogP contribution is 2.36. The zero-order valence-electron chi connectivity index (χ0n) is 17.8. The molecule has 1 amide bonds. The van der Waals surface area contributed by atoms with Gasteiger partial charge in [0.15, 0.2) is 0 Å². The third-order valence-electron chi connectivity index (χ3n) is 6.62. The van der Waals surface area contributed by atoms with Crippen molar-refractivity contribution in [2.24, 2.45) is 5.92 Å². The van der Waals surface area contributed by atoms with Gasteiger partial charge in [0.2, 0.25) is 0 Å². The second-order valence-electron chi connectivity index (χ2n) is 8.60. The molecule has 5 rings (SSSR count). The molecule has 166 valence electrons. The molecule has 1 aromatic carbocycles. The Labute approximate surface area is 184 Å². The first-order chi connectivity index (χ1) is 15.5. The van der Waals surface area contributed by atoms with Crippen LogP contribution in [0.15, 0.2) is 47.4 Å². The van der Waals surface area contributed by atoms with Crippen molar-refractivity contribution >= 4 is 22.5 Å². The van der Waals surface area contributed by atoms with Crippen LogP contribution in [0.2, 0.25) is 0 Å². The Hall–Kier alpha value is -3.46. The zero-order chi connectivity index (χ0) is 22.4. The van der Waals surface area contributed by atoms with Gasteiger partial charge in [-0.05, 0) is 42.7 Å². The maximum Gasteiger partial charge on any atom is 0.334 e. The summed E-state index contributed by atoms with van der Waals surface area (Å²) in [5.41, 5.74) is 1.53. The third kappa shape index (κ3) is 3.38. The minimum absolute atomic E-state index is 0.00110. The van der Waals surface area contributed by atoms with E-state index in [1.807, 2.05) is 35.4 Å². The lowest BCUT2D eigenvalue weighted by Gasteiger charge is -2.42. The number of fused-ring (bicyclic) bond motifs is 5. The minimum Gasteiger partial charge on any atom is -0.383 e. The number of piperidine rings is 1. The normalized spacial score (nSPS) is 19.7. The summed E-state index contributed by atoms with van der Waals surface area (Å²) in [5, 5.41) is 12.1. The molecule has 2 atom stereocenters. The Bertz CT molecular complexity index is 1280. The highest BCUT2D eigenvalue weighted by Gasteiger charge is 2.37. The van der Waals surface area contributed by atoms with Crippen LogP contribution in [0.3, 0.4) is 0 Å². The molecule has 1 fully saturated rings. The van der Waals surface area contributed by atoms with E-state index >= 15 is 0 Å². The lowest BCUT2D eigenvalue weighted by molar-refractivity contribution is -0.386. The van der Waals surface area contributed by atoms with Crippen LogP contribution >= 0.6 is 0 Å². The number of hydrogen-bond donors (Lipinski definition) is 0. The van der Waals surface area contributed by atoms with Crippen molar-refractivity contribution < 1.29 is 14.5 Å². The van der Waals surface area contributed by atoms with Crippen molar-refractivity contribution in [1.82, 2.24) is 14.0 Å². The monoisotopic (exact) mass is 436 g/mol. The molecule has 2 bridgehead atoms. The highest BCUT2D eigenvalue weighted by atomic mass is 16.6. The van der Waals surface area contributed by atoms with Crippen molar-refractivity contribution in [2.45, 2.75) is 25.4 Å². The molecule has 0 radical (unpaired) electrons. The van der Waals surface area contributed by atoms with Gasteiger partial charge < -0.3 is 18.8 Å². The third-order valence-corrected chi connectivity index (χ3v) is 6.62. The molecule has 2 aromatic heterocycles. The maximum atomic E-state index is 13.3. The minimum atomic E-state index is -0.630. The van der Waals surface area contributed by atoms with E-state index in [0.717, 1.165) is 29.6 Å². The van der Waals surface area contributed by atoms with Gasteiger partial charge in [-0.1, -0.05) is 0 Å². The van der Waals surface area contributed by atoms with Crippen LogP contribution in [0.1, 0.15) is 28.4 Å². The molecule has 32 heavy (non-hydrogen) atoms. The Morgan fingerprint density at radius 1 is 1.19 bits per heavy atom. The molecule has 0 saturated carbocycles. The van der Waals surface area contributed by atoms with Gasteiger partial charge in [0.1, 0.15) is 0 Å². The van der Waals surface area contributed by atoms with Crippen molar-refractivity contribution in [1.29, 1.82) is 0 Å². The molecule has 1 saturated heterocycles. The first-order valence-corrected chi connectivity index (χ1v) is 10.7. The second kappa shape index (κ2) is 7.90. The quantitative estimate of drug-likeness (QED) is 0.452. The van der Waals surface area contributed by atoms with Crippen LogP contribution in [0.25, 0.3) is 10.9 Å². The van der Waals surface area contributed by atoms with Gasteiger partial charge in [-0.2, -0.15) is 0 Å². The van der Waals surface area contributed by atoms with Gasteiger partial charge in [0.05, 0.1) is 11.5 Å². The van der Waals surface area contributed by atoms with Crippen LogP contribution in [-0.2, 0) is 17.8 Å². The first kappa shape index (κ1) is 20.4. The van der Waals surface area contributed by atoms with E-state index in [2.05, 4.69) is 4.57 Å². The summed E-state index contributed by atoms with van der Waals surface area (Å²) in [5.74, 6) is 0.0755. The van der Waals surface area contributed by atoms with Crippen LogP contribution in [0.4, 0.5) is 5.69 Å². The summed E-state index contributed by atoms with van der Waals surface area (Å²) >= 11 is 0. The fourth-order valence-electron chi connectivity index (χ4n) is 5.14. The topological polar surface area (TPSA) is 99.6 Å². The highest BCUT2D eigenvalue weighted by molar-refractivity contribution is 5.98. The zero-order valence-corrected chi connectivity index (χ0v) is 17.8. The lowest BCUT2D eigenvalue weighted by atomic mass is 9.83. The molecule has 2 aliphatic rings. The number of carbonyl (C=O) groups is 1. The number of pyridine rings is 1. The molecule has 0 spiro atoms. The van der Waals surface area contributed by atoms with Crippen LogP contribution in [-0.4, -0.2) is 51.7 Å². The summed E-state index contributed by atoms with van der Waals surface area (Å²) in [7, 11) is 1.67. The van der Waals surface area contributed by atoms with E-state index in [1.165, 1.54) is 10.6 Å². The number of amides is 1. The number of aromatic nitrogens is 2. The predicted molar refractivity (Wildman–Crippen MR) is 118 cm³/mol. The average Bonchev–Trinajstić information content (AvgIpc) is 3.19. The van der Waals surface area contributed by atoms with E-state index in [9.17, 15) is 19.7 Å². The van der Waals surface area contributed by atoms with E-state index in [0.29, 0.717) is 31.8 Å². The van der Waals surface area contributed by atoms with Gasteiger partial charge >= 0.3 is 11.2 Å². The van der Waals surface area contributed by atoms with Crippen molar-refractivity contribution in [2.75, 3.05) is 26.8 Å². The number of rotatable bonds is 5. The van der Waals surface area contributed by atoms with E-state index < -0.39 is 16.2 Å². The predicted octanol–water partition coefficient (Wildman–Crippen LogP) is 2.62. The molecule has 4 heterocycles. The number of carbonyl (C=O) groups excluding carboxylic acids is 1. The summed E-state index contributed by atoms with van der Waals surface area (Å²) in [6, 6.07) is 10.7. The Kier molecular flexibility index (Phi) is 5.05. The molecular weight excluding hydrogens is 412 g/mol. The van der Waals surface area contributed by atoms with E-state index in [4.69, 9.17) is 4.74 Å². The first-order valence-electron chi connectivity index (χ1n) is 10.7. The Balaban J connectivity index is 1.39. The lowest BCUT2D eigenvalue weighted by Crippen LogP contribution is -2.49. The average molecular weight is 436 g/mol. The standard InChI is InChI=1S/C23H24N4O5/c1-32-9-8-24-7-6-16-11-17(2-3-19(16)24)22(28)25-12-15-10-18(14-25)20-4-5-21(27(30)31)23(29)26(20)13-15/h2-7,11,15,18H,8-10,12-14H2,1H3/t15-,18+/m1/s1. The van der Waals surface area contributed by atoms with Gasteiger partial charge in [0, 0.05) is 73.6 Å². The maximum absolute atomic E-state index is 13.3. The molecule has 3 aromatic rings.